The molecule has 1 atom stereocenters. The number of aliphatic hydroxyl groups is 1. The van der Waals surface area contributed by atoms with Gasteiger partial charge in [-0.05, 0) is 38.0 Å². The van der Waals surface area contributed by atoms with Crippen molar-refractivity contribution in [1.82, 2.24) is 5.32 Å². The second kappa shape index (κ2) is 6.86. The number of hydrogen-bond donors (Lipinski definition) is 3. The Balaban J connectivity index is 2.66. The van der Waals surface area contributed by atoms with E-state index in [1.165, 1.54) is 0 Å². The van der Waals surface area contributed by atoms with Gasteiger partial charge < -0.3 is 20.5 Å². The summed E-state index contributed by atoms with van der Waals surface area (Å²) in [5, 5.41) is 14.2. The van der Waals surface area contributed by atoms with Gasteiger partial charge in [0, 0.05) is 12.6 Å². The van der Waals surface area contributed by atoms with Crippen LogP contribution in [0, 0.1) is 6.92 Å². The van der Waals surface area contributed by atoms with Crippen molar-refractivity contribution in [3.8, 4) is 5.75 Å². The Morgan fingerprint density at radius 2 is 2.22 bits per heavy atom. The van der Waals surface area contributed by atoms with E-state index in [-0.39, 0.29) is 18.7 Å². The molecule has 0 bridgehead atoms. The van der Waals surface area contributed by atoms with Gasteiger partial charge in [-0.1, -0.05) is 6.07 Å². The van der Waals surface area contributed by atoms with Gasteiger partial charge in [-0.2, -0.15) is 0 Å². The van der Waals surface area contributed by atoms with E-state index in [1.54, 1.807) is 7.11 Å². The van der Waals surface area contributed by atoms with E-state index in [0.29, 0.717) is 17.9 Å². The molecule has 5 heteroatoms. The molecule has 0 saturated heterocycles. The average Bonchev–Trinajstić information content (AvgIpc) is 2.29. The molecule has 0 aliphatic rings. The lowest BCUT2D eigenvalue weighted by atomic mass is 10.2. The molecule has 3 N–H and O–H groups in total. The summed E-state index contributed by atoms with van der Waals surface area (Å²) in [6.07, 6.45) is 0.526. The zero-order valence-corrected chi connectivity index (χ0v) is 11.0. The second-order valence-corrected chi connectivity index (χ2v) is 4.22. The Morgan fingerprint density at radius 3 is 2.83 bits per heavy atom. The number of carbonyl (C=O) groups is 1. The second-order valence-electron chi connectivity index (χ2n) is 4.22. The molecule has 5 nitrogen and oxygen atoms in total. The van der Waals surface area contributed by atoms with Crippen LogP contribution in [0.15, 0.2) is 18.2 Å². The summed E-state index contributed by atoms with van der Waals surface area (Å²) >= 11 is 0. The number of methoxy groups -OCH3 is 1. The quantitative estimate of drug-likeness (QED) is 0.749. The largest absolute Gasteiger partial charge is 0.495 e. The van der Waals surface area contributed by atoms with Gasteiger partial charge in [0.2, 0.25) is 0 Å². The highest BCUT2D eigenvalue weighted by molar-refractivity contribution is 5.91. The molecule has 0 aliphatic carbocycles. The third-order valence-corrected chi connectivity index (χ3v) is 2.54. The highest BCUT2D eigenvalue weighted by Gasteiger charge is 2.10. The molecular formula is C13H20N2O3. The van der Waals surface area contributed by atoms with Crippen LogP contribution in [0.5, 0.6) is 5.75 Å². The van der Waals surface area contributed by atoms with Crippen LogP contribution >= 0.6 is 0 Å². The van der Waals surface area contributed by atoms with E-state index < -0.39 is 0 Å². The molecule has 0 unspecified atom stereocenters. The molecule has 0 spiro atoms. The number of aliphatic hydroxyl groups excluding tert-OH is 1. The fraction of sp³-hybridized carbons (Fsp3) is 0.462. The molecule has 1 rings (SSSR count). The van der Waals surface area contributed by atoms with Gasteiger partial charge in [0.05, 0.1) is 12.8 Å². The highest BCUT2D eigenvalue weighted by Crippen LogP contribution is 2.24. The maximum atomic E-state index is 11.7. The Labute approximate surface area is 107 Å². The summed E-state index contributed by atoms with van der Waals surface area (Å²) in [7, 11) is 1.56. The number of aryl methyl sites for hydroxylation is 1. The smallest absolute Gasteiger partial charge is 0.319 e. The van der Waals surface area contributed by atoms with E-state index in [0.717, 1.165) is 5.56 Å². The molecule has 0 fully saturated rings. The lowest BCUT2D eigenvalue weighted by Crippen LogP contribution is -2.36. The van der Waals surface area contributed by atoms with Crippen LogP contribution in [0.4, 0.5) is 10.5 Å². The minimum atomic E-state index is -0.306. The monoisotopic (exact) mass is 252 g/mol. The Morgan fingerprint density at radius 1 is 1.50 bits per heavy atom. The predicted molar refractivity (Wildman–Crippen MR) is 71.1 cm³/mol. The van der Waals surface area contributed by atoms with Crippen LogP contribution in [0.25, 0.3) is 0 Å². The van der Waals surface area contributed by atoms with Crippen LogP contribution in [0.3, 0.4) is 0 Å². The molecule has 0 saturated carbocycles. The topological polar surface area (TPSA) is 70.6 Å². The van der Waals surface area contributed by atoms with Gasteiger partial charge in [0.25, 0.3) is 0 Å². The van der Waals surface area contributed by atoms with Crippen molar-refractivity contribution in [1.29, 1.82) is 0 Å². The Kier molecular flexibility index (Phi) is 5.45. The summed E-state index contributed by atoms with van der Waals surface area (Å²) in [5.41, 5.74) is 1.67. The van der Waals surface area contributed by atoms with Crippen LogP contribution in [0.1, 0.15) is 18.9 Å². The number of anilines is 1. The number of benzene rings is 1. The van der Waals surface area contributed by atoms with E-state index in [4.69, 9.17) is 9.84 Å². The van der Waals surface area contributed by atoms with Crippen molar-refractivity contribution >= 4 is 11.7 Å². The molecule has 0 aliphatic heterocycles. The van der Waals surface area contributed by atoms with Crippen molar-refractivity contribution < 1.29 is 14.6 Å². The van der Waals surface area contributed by atoms with E-state index >= 15 is 0 Å². The predicted octanol–water partition coefficient (Wildman–Crippen LogP) is 1.90. The number of nitrogens with one attached hydrogen (secondary N) is 2. The molecule has 1 aromatic carbocycles. The Bertz CT molecular complexity index is 407. The number of ether oxygens (including phenoxy) is 1. The fourth-order valence-corrected chi connectivity index (χ4v) is 1.57. The van der Waals surface area contributed by atoms with Crippen molar-refractivity contribution in [2.75, 3.05) is 19.0 Å². The van der Waals surface area contributed by atoms with Gasteiger partial charge in [0.1, 0.15) is 5.75 Å². The first kappa shape index (κ1) is 14.3. The maximum absolute atomic E-state index is 11.7. The maximum Gasteiger partial charge on any atom is 0.319 e. The van der Waals surface area contributed by atoms with Crippen LogP contribution in [-0.4, -0.2) is 30.9 Å². The zero-order chi connectivity index (χ0) is 13.5. The van der Waals surface area contributed by atoms with Crippen molar-refractivity contribution in [3.05, 3.63) is 23.8 Å². The molecule has 1 aromatic rings. The molecule has 0 heterocycles. The number of urea groups is 1. The lowest BCUT2D eigenvalue weighted by molar-refractivity contribution is 0.241. The van der Waals surface area contributed by atoms with E-state index in [2.05, 4.69) is 10.6 Å². The molecule has 18 heavy (non-hydrogen) atoms. The first-order chi connectivity index (χ1) is 8.56. The van der Waals surface area contributed by atoms with Gasteiger partial charge in [-0.3, -0.25) is 0 Å². The number of hydrogen-bond acceptors (Lipinski definition) is 3. The minimum Gasteiger partial charge on any atom is -0.495 e. The number of amides is 2. The average molecular weight is 252 g/mol. The SMILES string of the molecule is COc1ccc(C)cc1NC(=O)N[C@H](C)CCO. The first-order valence-electron chi connectivity index (χ1n) is 5.90. The molecule has 100 valence electrons. The standard InChI is InChI=1S/C13H20N2O3/c1-9-4-5-12(18-3)11(8-9)15-13(17)14-10(2)6-7-16/h4-5,8,10,16H,6-7H2,1-3H3,(H2,14,15,17)/t10-/m1/s1. The van der Waals surface area contributed by atoms with Gasteiger partial charge >= 0.3 is 6.03 Å². The summed E-state index contributed by atoms with van der Waals surface area (Å²) in [5.74, 6) is 0.616. The van der Waals surface area contributed by atoms with Crippen LogP contribution in [-0.2, 0) is 0 Å². The number of carbonyl (C=O) groups excluding carboxylic acids is 1. The summed E-state index contributed by atoms with van der Waals surface area (Å²) < 4.78 is 5.17. The zero-order valence-electron chi connectivity index (χ0n) is 11.0. The third kappa shape index (κ3) is 4.25. The van der Waals surface area contributed by atoms with Crippen molar-refractivity contribution in [2.24, 2.45) is 0 Å². The lowest BCUT2D eigenvalue weighted by Gasteiger charge is -2.15. The van der Waals surface area contributed by atoms with E-state index in [9.17, 15) is 4.79 Å². The molecular weight excluding hydrogens is 232 g/mol. The van der Waals surface area contributed by atoms with Crippen LogP contribution in [0.2, 0.25) is 0 Å². The van der Waals surface area contributed by atoms with Crippen LogP contribution < -0.4 is 15.4 Å². The van der Waals surface area contributed by atoms with Crippen molar-refractivity contribution in [3.63, 3.8) is 0 Å². The molecule has 2 amide bonds. The third-order valence-electron chi connectivity index (χ3n) is 2.54. The van der Waals surface area contributed by atoms with Crippen molar-refractivity contribution in [2.45, 2.75) is 26.3 Å². The summed E-state index contributed by atoms with van der Waals surface area (Å²) in [6.45, 7) is 3.83. The summed E-state index contributed by atoms with van der Waals surface area (Å²) in [6, 6.07) is 5.18. The number of rotatable bonds is 5. The van der Waals surface area contributed by atoms with Gasteiger partial charge in [-0.25, -0.2) is 4.79 Å². The van der Waals surface area contributed by atoms with Gasteiger partial charge in [-0.15, -0.1) is 0 Å². The normalized spacial score (nSPS) is 11.8. The molecule has 0 aromatic heterocycles. The Hall–Kier alpha value is -1.75. The first-order valence-corrected chi connectivity index (χ1v) is 5.90. The van der Waals surface area contributed by atoms with Gasteiger partial charge in [0.15, 0.2) is 0 Å². The fourth-order valence-electron chi connectivity index (χ4n) is 1.57. The van der Waals surface area contributed by atoms with E-state index in [1.807, 2.05) is 32.0 Å². The molecule has 0 radical (unpaired) electrons. The minimum absolute atomic E-state index is 0.0508. The summed E-state index contributed by atoms with van der Waals surface area (Å²) in [4.78, 5) is 11.7. The highest BCUT2D eigenvalue weighted by atomic mass is 16.5.